The minimum absolute atomic E-state index is 0.134. The molecule has 5 aromatic rings. The van der Waals surface area contributed by atoms with Crippen LogP contribution in [0.1, 0.15) is 37.5 Å². The standard InChI is InChI=1S/C26H24/c1-15-11-17-13-18(26(3,4)5)14-23-21-10-9-16(2)19-7-6-8-20(25(19)21)22(12-15)24(17)23/h6-14H,1-5H3. The van der Waals surface area contributed by atoms with Gasteiger partial charge in [0.1, 0.15) is 0 Å². The molecular formula is C26H24. The van der Waals surface area contributed by atoms with Crippen molar-refractivity contribution >= 4 is 43.1 Å². The molecule has 0 saturated carbocycles. The van der Waals surface area contributed by atoms with Gasteiger partial charge in [-0.15, -0.1) is 0 Å². The molecule has 0 aliphatic heterocycles. The molecule has 0 aliphatic rings. The predicted octanol–water partition coefficient (Wildman–Crippen LogP) is 7.65. The van der Waals surface area contributed by atoms with Crippen LogP contribution >= 0.6 is 0 Å². The monoisotopic (exact) mass is 336 g/mol. The lowest BCUT2D eigenvalue weighted by Gasteiger charge is -2.23. The van der Waals surface area contributed by atoms with E-state index in [1.807, 2.05) is 0 Å². The minimum atomic E-state index is 0.134. The molecule has 0 heterocycles. The Balaban J connectivity index is 2.17. The first kappa shape index (κ1) is 15.6. The maximum Gasteiger partial charge on any atom is -0.00237 e. The zero-order valence-corrected chi connectivity index (χ0v) is 16.2. The Labute approximate surface area is 154 Å². The molecule has 0 saturated heterocycles. The van der Waals surface area contributed by atoms with E-state index in [2.05, 4.69) is 89.2 Å². The third kappa shape index (κ3) is 2.02. The van der Waals surface area contributed by atoms with Gasteiger partial charge in [0, 0.05) is 0 Å². The van der Waals surface area contributed by atoms with Crippen LogP contribution in [0.15, 0.2) is 54.6 Å². The molecule has 0 atom stereocenters. The average molecular weight is 336 g/mol. The van der Waals surface area contributed by atoms with Crippen molar-refractivity contribution in [1.82, 2.24) is 0 Å². The van der Waals surface area contributed by atoms with Crippen LogP contribution in [0.2, 0.25) is 0 Å². The first-order valence-electron chi connectivity index (χ1n) is 9.46. The van der Waals surface area contributed by atoms with Crippen LogP contribution < -0.4 is 0 Å². The van der Waals surface area contributed by atoms with Gasteiger partial charge in [0.15, 0.2) is 0 Å². The van der Waals surface area contributed by atoms with Crippen molar-refractivity contribution in [1.29, 1.82) is 0 Å². The Morgan fingerprint density at radius 1 is 0.615 bits per heavy atom. The van der Waals surface area contributed by atoms with Crippen LogP contribution in [-0.4, -0.2) is 0 Å². The highest BCUT2D eigenvalue weighted by atomic mass is 14.2. The Morgan fingerprint density at radius 3 is 2.08 bits per heavy atom. The van der Waals surface area contributed by atoms with Gasteiger partial charge in [-0.3, -0.25) is 0 Å². The largest absolute Gasteiger partial charge is 0.0610 e. The first-order valence-corrected chi connectivity index (χ1v) is 9.46. The fraction of sp³-hybridized carbons (Fsp3) is 0.231. The summed E-state index contributed by atoms with van der Waals surface area (Å²) in [6.07, 6.45) is 0. The van der Waals surface area contributed by atoms with Crippen molar-refractivity contribution in [2.24, 2.45) is 0 Å². The molecule has 0 radical (unpaired) electrons. The van der Waals surface area contributed by atoms with Crippen molar-refractivity contribution in [3.05, 3.63) is 71.3 Å². The third-order valence-corrected chi connectivity index (χ3v) is 5.90. The number of hydrogen-bond acceptors (Lipinski definition) is 0. The van der Waals surface area contributed by atoms with E-state index in [1.165, 1.54) is 59.8 Å². The number of rotatable bonds is 0. The van der Waals surface area contributed by atoms with Crippen molar-refractivity contribution in [3.63, 3.8) is 0 Å². The molecule has 0 aromatic heterocycles. The molecule has 0 heteroatoms. The SMILES string of the molecule is Cc1cc2cc(C(C)(C)C)cc3c4ccc(C)c5cccc(c(c1)c23)c54. The summed E-state index contributed by atoms with van der Waals surface area (Å²) in [5.41, 5.74) is 4.22. The Hall–Kier alpha value is -2.60. The molecule has 0 aliphatic carbocycles. The topological polar surface area (TPSA) is 0 Å². The number of benzene rings is 5. The molecule has 0 unspecified atom stereocenters. The second-order valence-corrected chi connectivity index (χ2v) is 8.84. The van der Waals surface area contributed by atoms with Gasteiger partial charge in [-0.2, -0.15) is 0 Å². The lowest BCUT2D eigenvalue weighted by Crippen LogP contribution is -2.11. The van der Waals surface area contributed by atoms with Crippen molar-refractivity contribution in [3.8, 4) is 0 Å². The normalized spacial score (nSPS) is 12.8. The lowest BCUT2D eigenvalue weighted by molar-refractivity contribution is 0.592. The summed E-state index contributed by atoms with van der Waals surface area (Å²) in [4.78, 5) is 0. The number of aryl methyl sites for hydroxylation is 2. The van der Waals surface area contributed by atoms with E-state index in [1.54, 1.807) is 0 Å². The van der Waals surface area contributed by atoms with Crippen LogP contribution in [-0.2, 0) is 5.41 Å². The van der Waals surface area contributed by atoms with Gasteiger partial charge in [-0.25, -0.2) is 0 Å². The molecule has 0 fully saturated rings. The molecule has 0 nitrogen and oxygen atoms in total. The fourth-order valence-electron chi connectivity index (χ4n) is 4.53. The smallest absolute Gasteiger partial charge is 0.00237 e. The Bertz CT molecular complexity index is 1310. The number of hydrogen-bond donors (Lipinski definition) is 0. The molecule has 0 N–H and O–H groups in total. The maximum atomic E-state index is 2.43. The average Bonchev–Trinajstić information content (AvgIpc) is 2.59. The van der Waals surface area contributed by atoms with Gasteiger partial charge in [-0.05, 0) is 85.1 Å². The second-order valence-electron chi connectivity index (χ2n) is 8.84. The summed E-state index contributed by atoms with van der Waals surface area (Å²) in [5.74, 6) is 0. The Morgan fingerprint density at radius 2 is 1.31 bits per heavy atom. The van der Waals surface area contributed by atoms with E-state index in [-0.39, 0.29) is 5.41 Å². The van der Waals surface area contributed by atoms with Gasteiger partial charge < -0.3 is 0 Å². The quantitative estimate of drug-likeness (QED) is 0.201. The van der Waals surface area contributed by atoms with Gasteiger partial charge in [0.05, 0.1) is 0 Å². The lowest BCUT2D eigenvalue weighted by atomic mass is 9.81. The van der Waals surface area contributed by atoms with E-state index in [0.29, 0.717) is 0 Å². The van der Waals surface area contributed by atoms with Gasteiger partial charge in [0.2, 0.25) is 0 Å². The second kappa shape index (κ2) is 4.98. The number of fused-ring (bicyclic) bond motifs is 2. The zero-order valence-electron chi connectivity index (χ0n) is 16.2. The van der Waals surface area contributed by atoms with E-state index in [0.717, 1.165) is 0 Å². The van der Waals surface area contributed by atoms with Crippen LogP contribution in [0.5, 0.6) is 0 Å². The van der Waals surface area contributed by atoms with Crippen molar-refractivity contribution < 1.29 is 0 Å². The van der Waals surface area contributed by atoms with E-state index in [9.17, 15) is 0 Å². The van der Waals surface area contributed by atoms with Gasteiger partial charge in [0.25, 0.3) is 0 Å². The van der Waals surface area contributed by atoms with Gasteiger partial charge >= 0.3 is 0 Å². The van der Waals surface area contributed by atoms with E-state index < -0.39 is 0 Å². The molecule has 0 spiro atoms. The minimum Gasteiger partial charge on any atom is -0.0610 e. The zero-order chi connectivity index (χ0) is 18.2. The summed E-state index contributed by atoms with van der Waals surface area (Å²) in [6, 6.07) is 20.9. The van der Waals surface area contributed by atoms with Gasteiger partial charge in [-0.1, -0.05) is 69.3 Å². The highest BCUT2D eigenvalue weighted by Gasteiger charge is 2.19. The van der Waals surface area contributed by atoms with E-state index >= 15 is 0 Å². The summed E-state index contributed by atoms with van der Waals surface area (Å²) in [6.45, 7) is 11.3. The highest BCUT2D eigenvalue weighted by molar-refractivity contribution is 6.33. The summed E-state index contributed by atoms with van der Waals surface area (Å²) < 4.78 is 0. The molecule has 128 valence electrons. The molecule has 5 aromatic carbocycles. The molecule has 0 bridgehead atoms. The van der Waals surface area contributed by atoms with Crippen molar-refractivity contribution in [2.75, 3.05) is 0 Å². The molecular weight excluding hydrogens is 312 g/mol. The third-order valence-electron chi connectivity index (χ3n) is 5.90. The van der Waals surface area contributed by atoms with Crippen LogP contribution in [0, 0.1) is 13.8 Å². The molecule has 0 amide bonds. The first-order chi connectivity index (χ1) is 12.3. The predicted molar refractivity (Wildman–Crippen MR) is 116 cm³/mol. The van der Waals surface area contributed by atoms with E-state index in [4.69, 9.17) is 0 Å². The maximum absolute atomic E-state index is 2.43. The van der Waals surface area contributed by atoms with Crippen LogP contribution in [0.3, 0.4) is 0 Å². The summed E-state index contributed by atoms with van der Waals surface area (Å²) in [7, 11) is 0. The van der Waals surface area contributed by atoms with Crippen LogP contribution in [0.4, 0.5) is 0 Å². The molecule has 5 rings (SSSR count). The molecule has 26 heavy (non-hydrogen) atoms. The fourth-order valence-corrected chi connectivity index (χ4v) is 4.53. The van der Waals surface area contributed by atoms with Crippen molar-refractivity contribution in [2.45, 2.75) is 40.0 Å². The Kier molecular flexibility index (Phi) is 2.99. The highest BCUT2D eigenvalue weighted by Crippen LogP contribution is 2.43. The summed E-state index contributed by atoms with van der Waals surface area (Å²) >= 11 is 0. The van der Waals surface area contributed by atoms with Crippen LogP contribution in [0.25, 0.3) is 43.1 Å². The summed E-state index contributed by atoms with van der Waals surface area (Å²) in [5, 5.41) is 11.1.